The number of thioether (sulfide) groups is 1. The average molecular weight is 479 g/mol. The van der Waals surface area contributed by atoms with Gasteiger partial charge in [-0.3, -0.25) is 19.2 Å². The maximum absolute atomic E-state index is 13.1. The molecule has 2 atom stereocenters. The highest BCUT2D eigenvalue weighted by Gasteiger charge is 2.32. The van der Waals surface area contributed by atoms with Crippen LogP contribution in [0.5, 0.6) is 0 Å². The van der Waals surface area contributed by atoms with Crippen LogP contribution in [0.3, 0.4) is 0 Å². The number of hydrogen-bond acceptors (Lipinski definition) is 6. The second kappa shape index (κ2) is 12.9. The number of nitrogens with two attached hydrogens (primary N) is 1. The molecule has 13 heteroatoms. The summed E-state index contributed by atoms with van der Waals surface area (Å²) in [4.78, 5) is 45.6. The molecule has 0 spiro atoms. The number of aryl methyl sites for hydroxylation is 1. The number of nitrogens with one attached hydrogen (secondary N) is 2. The number of aliphatic carboxylic acids is 2. The summed E-state index contributed by atoms with van der Waals surface area (Å²) in [5.41, 5.74) is 4.66. The van der Waals surface area contributed by atoms with Crippen LogP contribution < -0.4 is 16.4 Å². The number of halogens is 3. The molecule has 0 bridgehead atoms. The van der Waals surface area contributed by atoms with Gasteiger partial charge in [0.1, 0.15) is 18.6 Å². The Balaban J connectivity index is 2.68. The molecule has 0 radical (unpaired) electrons. The molecule has 0 heterocycles. The topological polar surface area (TPSA) is 159 Å². The number of carboxylic acid groups (broad SMARTS) is 2. The number of benzene rings is 1. The van der Waals surface area contributed by atoms with Crippen molar-refractivity contribution >= 4 is 35.5 Å². The van der Waals surface area contributed by atoms with Crippen LogP contribution >= 0.6 is 11.8 Å². The molecule has 32 heavy (non-hydrogen) atoms. The molecule has 0 unspecified atom stereocenters. The van der Waals surface area contributed by atoms with E-state index >= 15 is 0 Å². The van der Waals surface area contributed by atoms with E-state index in [9.17, 15) is 32.3 Å². The molecule has 6 N–H and O–H groups in total. The molecule has 9 nitrogen and oxygen atoms in total. The standard InChI is InChI=1S/C19H24F3N3O6S/c20-19(21,22)12-4-2-1-3-11(12)7-8-32-10-14(17(29)24-9-16(27)28)25-15(26)6-5-13(23)18(30)31/h1-4,13-14H,5-10,23H2,(H,24,29)(H,25,26)(H,27,28)(H,30,31)/t13-,14-/m0/s1. The monoisotopic (exact) mass is 479 g/mol. The molecule has 178 valence electrons. The number of carboxylic acids is 2. The molecule has 1 aromatic carbocycles. The molecule has 0 saturated carbocycles. The lowest BCUT2D eigenvalue weighted by atomic mass is 10.1. The van der Waals surface area contributed by atoms with Gasteiger partial charge in [0.15, 0.2) is 0 Å². The first-order chi connectivity index (χ1) is 14.9. The molecule has 1 aromatic rings. The van der Waals surface area contributed by atoms with Gasteiger partial charge in [-0.25, -0.2) is 0 Å². The van der Waals surface area contributed by atoms with Crippen LogP contribution in [0, 0.1) is 0 Å². The summed E-state index contributed by atoms with van der Waals surface area (Å²) >= 11 is 1.10. The highest BCUT2D eigenvalue weighted by Crippen LogP contribution is 2.32. The maximum Gasteiger partial charge on any atom is 0.416 e. The van der Waals surface area contributed by atoms with Gasteiger partial charge in [0.25, 0.3) is 0 Å². The Morgan fingerprint density at radius 3 is 2.38 bits per heavy atom. The van der Waals surface area contributed by atoms with E-state index in [2.05, 4.69) is 10.6 Å². The predicted octanol–water partition coefficient (Wildman–Crippen LogP) is 0.859. The number of rotatable bonds is 13. The van der Waals surface area contributed by atoms with Crippen molar-refractivity contribution in [2.24, 2.45) is 5.73 Å². The minimum absolute atomic E-state index is 0.0314. The van der Waals surface area contributed by atoms with Gasteiger partial charge < -0.3 is 26.6 Å². The van der Waals surface area contributed by atoms with Crippen molar-refractivity contribution in [1.82, 2.24) is 10.6 Å². The third-order valence-electron chi connectivity index (χ3n) is 4.19. The zero-order chi connectivity index (χ0) is 24.3. The normalized spacial score (nSPS) is 13.1. The summed E-state index contributed by atoms with van der Waals surface area (Å²) in [5, 5.41) is 21.9. The van der Waals surface area contributed by atoms with E-state index in [1.54, 1.807) is 0 Å². The Labute approximate surface area is 185 Å². The van der Waals surface area contributed by atoms with Crippen molar-refractivity contribution in [3.8, 4) is 0 Å². The zero-order valence-electron chi connectivity index (χ0n) is 16.9. The SMILES string of the molecule is N[C@@H](CCC(=O)N[C@@H](CSCCc1ccccc1C(F)(F)F)C(=O)NCC(=O)O)C(=O)O. The summed E-state index contributed by atoms with van der Waals surface area (Å²) in [6.07, 6.45) is -4.89. The largest absolute Gasteiger partial charge is 0.480 e. The Kier molecular flexibility index (Phi) is 11.0. The fourth-order valence-corrected chi connectivity index (χ4v) is 3.54. The number of hydrogen-bond donors (Lipinski definition) is 5. The fraction of sp³-hybridized carbons (Fsp3) is 0.474. The van der Waals surface area contributed by atoms with Crippen molar-refractivity contribution < 1.29 is 42.6 Å². The lowest BCUT2D eigenvalue weighted by molar-refractivity contribution is -0.139. The Hall–Kier alpha value is -2.80. The quantitative estimate of drug-likeness (QED) is 0.261. The first-order valence-corrected chi connectivity index (χ1v) is 10.6. The second-order valence-electron chi connectivity index (χ2n) is 6.69. The fourth-order valence-electron chi connectivity index (χ4n) is 2.54. The van der Waals surface area contributed by atoms with Gasteiger partial charge in [0, 0.05) is 12.2 Å². The van der Waals surface area contributed by atoms with Crippen LogP contribution in [0.2, 0.25) is 0 Å². The average Bonchev–Trinajstić information content (AvgIpc) is 2.71. The summed E-state index contributed by atoms with van der Waals surface area (Å²) in [6, 6.07) is 2.68. The first-order valence-electron chi connectivity index (χ1n) is 9.42. The summed E-state index contributed by atoms with van der Waals surface area (Å²) < 4.78 is 39.2. The minimum atomic E-state index is -4.49. The van der Waals surface area contributed by atoms with Gasteiger partial charge in [-0.15, -0.1) is 0 Å². The molecule has 2 amide bonds. The van der Waals surface area contributed by atoms with Gasteiger partial charge in [-0.2, -0.15) is 24.9 Å². The van der Waals surface area contributed by atoms with E-state index in [4.69, 9.17) is 15.9 Å². The van der Waals surface area contributed by atoms with Crippen molar-refractivity contribution in [1.29, 1.82) is 0 Å². The van der Waals surface area contributed by atoms with Crippen LogP contribution in [0.4, 0.5) is 13.2 Å². The van der Waals surface area contributed by atoms with E-state index < -0.39 is 54.1 Å². The molecule has 0 fully saturated rings. The second-order valence-corrected chi connectivity index (χ2v) is 7.84. The van der Waals surface area contributed by atoms with Crippen LogP contribution in [0.15, 0.2) is 24.3 Å². The van der Waals surface area contributed by atoms with E-state index in [1.807, 2.05) is 0 Å². The van der Waals surface area contributed by atoms with Crippen molar-refractivity contribution in [2.45, 2.75) is 37.5 Å². The van der Waals surface area contributed by atoms with Crippen LogP contribution in [-0.2, 0) is 31.8 Å². The molecular formula is C19H24F3N3O6S. The third-order valence-corrected chi connectivity index (χ3v) is 5.25. The van der Waals surface area contributed by atoms with Gasteiger partial charge in [-0.05, 0) is 30.2 Å². The van der Waals surface area contributed by atoms with Crippen LogP contribution in [0.1, 0.15) is 24.0 Å². The molecule has 0 saturated heterocycles. The lowest BCUT2D eigenvalue weighted by Crippen LogP contribution is -2.49. The Bertz CT molecular complexity index is 822. The minimum Gasteiger partial charge on any atom is -0.480 e. The Morgan fingerprint density at radius 2 is 1.78 bits per heavy atom. The molecular weight excluding hydrogens is 455 g/mol. The van der Waals surface area contributed by atoms with Crippen LogP contribution in [0.25, 0.3) is 0 Å². The predicted molar refractivity (Wildman–Crippen MR) is 110 cm³/mol. The van der Waals surface area contributed by atoms with E-state index in [0.29, 0.717) is 0 Å². The molecule has 0 aromatic heterocycles. The van der Waals surface area contributed by atoms with Crippen molar-refractivity contribution in [3.63, 3.8) is 0 Å². The highest BCUT2D eigenvalue weighted by atomic mass is 32.2. The van der Waals surface area contributed by atoms with E-state index in [-0.39, 0.29) is 36.3 Å². The van der Waals surface area contributed by atoms with Gasteiger partial charge in [-0.1, -0.05) is 18.2 Å². The van der Waals surface area contributed by atoms with Gasteiger partial charge in [0.2, 0.25) is 11.8 Å². The molecule has 0 aliphatic heterocycles. The van der Waals surface area contributed by atoms with Gasteiger partial charge in [0.05, 0.1) is 5.56 Å². The van der Waals surface area contributed by atoms with E-state index in [1.165, 1.54) is 18.2 Å². The lowest BCUT2D eigenvalue weighted by Gasteiger charge is -2.18. The molecule has 0 aliphatic rings. The summed E-state index contributed by atoms with van der Waals surface area (Å²) in [6.45, 7) is -0.682. The number of carbonyl (C=O) groups excluding carboxylic acids is 2. The maximum atomic E-state index is 13.1. The molecule has 1 rings (SSSR count). The Morgan fingerprint density at radius 1 is 1.12 bits per heavy atom. The first kappa shape index (κ1) is 27.2. The third kappa shape index (κ3) is 10.0. The van der Waals surface area contributed by atoms with E-state index in [0.717, 1.165) is 17.8 Å². The highest BCUT2D eigenvalue weighted by molar-refractivity contribution is 7.99. The zero-order valence-corrected chi connectivity index (χ0v) is 17.7. The number of alkyl halides is 3. The van der Waals surface area contributed by atoms with Crippen molar-refractivity contribution in [2.75, 3.05) is 18.1 Å². The number of amides is 2. The van der Waals surface area contributed by atoms with Gasteiger partial charge >= 0.3 is 18.1 Å². The summed E-state index contributed by atoms with van der Waals surface area (Å²) in [5.74, 6) is -3.87. The number of carbonyl (C=O) groups is 4. The van der Waals surface area contributed by atoms with Crippen molar-refractivity contribution in [3.05, 3.63) is 35.4 Å². The van der Waals surface area contributed by atoms with Crippen LogP contribution in [-0.4, -0.2) is 64.1 Å². The smallest absolute Gasteiger partial charge is 0.416 e. The summed E-state index contributed by atoms with van der Waals surface area (Å²) in [7, 11) is 0. The molecule has 0 aliphatic carbocycles.